The average molecular weight is 263 g/mol. The van der Waals surface area contributed by atoms with E-state index in [-0.39, 0.29) is 0 Å². The molecule has 0 saturated heterocycles. The molecule has 1 heterocycles. The van der Waals surface area contributed by atoms with E-state index in [1.54, 1.807) is 7.11 Å². The monoisotopic (exact) mass is 263 g/mol. The zero-order valence-electron chi connectivity index (χ0n) is 12.2. The molecular weight excluding hydrogens is 238 g/mol. The Balaban J connectivity index is 2.00. The van der Waals surface area contributed by atoms with Crippen LogP contribution < -0.4 is 10.2 Å². The van der Waals surface area contributed by atoms with Crippen molar-refractivity contribution in [3.05, 3.63) is 24.0 Å². The van der Waals surface area contributed by atoms with Crippen LogP contribution in [0.1, 0.15) is 32.4 Å². The molecule has 0 aromatic carbocycles. The standard InChI is InChI=1S/C15H25N3O/c1-12(2)18(8-9-19-3)15-6-7-16-14(10-15)11-17-13-4-5-13/h6-7,10,12-13,17H,4-5,8-9,11H2,1-3H3. The van der Waals surface area contributed by atoms with Gasteiger partial charge in [-0.15, -0.1) is 0 Å². The Hall–Kier alpha value is -1.13. The molecule has 0 bridgehead atoms. The van der Waals surface area contributed by atoms with Gasteiger partial charge in [-0.3, -0.25) is 4.98 Å². The van der Waals surface area contributed by atoms with Crippen LogP contribution in [0, 0.1) is 0 Å². The third-order valence-electron chi connectivity index (χ3n) is 3.44. The minimum absolute atomic E-state index is 0.460. The number of ether oxygens (including phenoxy) is 1. The van der Waals surface area contributed by atoms with Crippen LogP contribution in [0.15, 0.2) is 18.3 Å². The van der Waals surface area contributed by atoms with E-state index < -0.39 is 0 Å². The van der Waals surface area contributed by atoms with Crippen LogP contribution in [0.4, 0.5) is 5.69 Å². The van der Waals surface area contributed by atoms with Crippen molar-refractivity contribution < 1.29 is 4.74 Å². The van der Waals surface area contributed by atoms with Gasteiger partial charge >= 0.3 is 0 Å². The summed E-state index contributed by atoms with van der Waals surface area (Å²) in [7, 11) is 1.75. The van der Waals surface area contributed by atoms with Gasteiger partial charge < -0.3 is 15.0 Å². The van der Waals surface area contributed by atoms with Crippen molar-refractivity contribution in [3.8, 4) is 0 Å². The fraction of sp³-hybridized carbons (Fsp3) is 0.667. The molecule has 0 unspecified atom stereocenters. The van der Waals surface area contributed by atoms with E-state index in [4.69, 9.17) is 4.74 Å². The molecule has 4 heteroatoms. The minimum atomic E-state index is 0.460. The number of methoxy groups -OCH3 is 1. The van der Waals surface area contributed by atoms with Crippen LogP contribution >= 0.6 is 0 Å². The van der Waals surface area contributed by atoms with E-state index in [2.05, 4.69) is 41.2 Å². The van der Waals surface area contributed by atoms with Crippen LogP contribution in [-0.4, -0.2) is 37.3 Å². The van der Waals surface area contributed by atoms with Crippen molar-refractivity contribution in [2.45, 2.75) is 45.3 Å². The molecule has 2 rings (SSSR count). The van der Waals surface area contributed by atoms with Crippen LogP contribution in [0.2, 0.25) is 0 Å². The molecule has 1 aromatic heterocycles. The predicted octanol–water partition coefficient (Wildman–Crippen LogP) is 2.19. The number of nitrogens with zero attached hydrogens (tertiary/aromatic N) is 2. The molecular formula is C15H25N3O. The first-order chi connectivity index (χ1) is 9.20. The maximum Gasteiger partial charge on any atom is 0.0637 e. The predicted molar refractivity (Wildman–Crippen MR) is 78.5 cm³/mol. The van der Waals surface area contributed by atoms with Gasteiger partial charge in [-0.25, -0.2) is 0 Å². The van der Waals surface area contributed by atoms with Gasteiger partial charge in [0.2, 0.25) is 0 Å². The Morgan fingerprint density at radius 2 is 2.26 bits per heavy atom. The van der Waals surface area contributed by atoms with E-state index in [0.717, 1.165) is 31.4 Å². The summed E-state index contributed by atoms with van der Waals surface area (Å²) in [6.07, 6.45) is 4.53. The molecule has 1 fully saturated rings. The van der Waals surface area contributed by atoms with Crippen molar-refractivity contribution in [2.75, 3.05) is 25.2 Å². The first kappa shape index (κ1) is 14.3. The van der Waals surface area contributed by atoms with Gasteiger partial charge in [-0.2, -0.15) is 0 Å². The Morgan fingerprint density at radius 3 is 2.89 bits per heavy atom. The maximum absolute atomic E-state index is 5.19. The topological polar surface area (TPSA) is 37.4 Å². The number of aromatic nitrogens is 1. The van der Waals surface area contributed by atoms with Gasteiger partial charge in [-0.1, -0.05) is 0 Å². The second kappa shape index (κ2) is 6.87. The van der Waals surface area contributed by atoms with Crippen LogP contribution in [0.25, 0.3) is 0 Å². The zero-order chi connectivity index (χ0) is 13.7. The van der Waals surface area contributed by atoms with Gasteiger partial charge in [-0.05, 0) is 38.8 Å². The van der Waals surface area contributed by atoms with Gasteiger partial charge in [0.05, 0.1) is 12.3 Å². The molecule has 0 atom stereocenters. The van der Waals surface area contributed by atoms with Crippen molar-refractivity contribution in [1.29, 1.82) is 0 Å². The molecule has 1 aliphatic carbocycles. The van der Waals surface area contributed by atoms with E-state index in [1.165, 1.54) is 18.5 Å². The number of anilines is 1. The molecule has 1 N–H and O–H groups in total. The highest BCUT2D eigenvalue weighted by Crippen LogP contribution is 2.20. The van der Waals surface area contributed by atoms with E-state index >= 15 is 0 Å². The molecule has 4 nitrogen and oxygen atoms in total. The van der Waals surface area contributed by atoms with Gasteiger partial charge in [0.15, 0.2) is 0 Å². The molecule has 19 heavy (non-hydrogen) atoms. The smallest absolute Gasteiger partial charge is 0.0637 e. The lowest BCUT2D eigenvalue weighted by molar-refractivity contribution is 0.204. The number of rotatable bonds is 8. The highest BCUT2D eigenvalue weighted by Gasteiger charge is 2.20. The fourth-order valence-corrected chi connectivity index (χ4v) is 2.15. The normalized spacial score (nSPS) is 14.9. The molecule has 0 aliphatic heterocycles. The quantitative estimate of drug-likeness (QED) is 0.780. The summed E-state index contributed by atoms with van der Waals surface area (Å²) in [5, 5.41) is 3.51. The van der Waals surface area contributed by atoms with Gasteiger partial charge in [0, 0.05) is 44.2 Å². The summed E-state index contributed by atoms with van der Waals surface area (Å²) in [6.45, 7) is 6.94. The molecule has 1 aromatic rings. The number of hydrogen-bond donors (Lipinski definition) is 1. The Bertz CT molecular complexity index is 391. The Morgan fingerprint density at radius 1 is 1.47 bits per heavy atom. The molecule has 106 valence electrons. The van der Waals surface area contributed by atoms with Crippen LogP contribution in [0.3, 0.4) is 0 Å². The Labute approximate surface area is 116 Å². The molecule has 0 spiro atoms. The number of nitrogens with one attached hydrogen (secondary N) is 1. The summed E-state index contributed by atoms with van der Waals surface area (Å²) >= 11 is 0. The van der Waals surface area contributed by atoms with Crippen molar-refractivity contribution >= 4 is 5.69 Å². The maximum atomic E-state index is 5.19. The minimum Gasteiger partial charge on any atom is -0.383 e. The Kier molecular flexibility index (Phi) is 5.16. The SMILES string of the molecule is COCCN(c1ccnc(CNC2CC2)c1)C(C)C. The fourth-order valence-electron chi connectivity index (χ4n) is 2.15. The van der Waals surface area contributed by atoms with Crippen molar-refractivity contribution in [3.63, 3.8) is 0 Å². The lowest BCUT2D eigenvalue weighted by Crippen LogP contribution is -2.34. The highest BCUT2D eigenvalue weighted by molar-refractivity contribution is 5.47. The molecule has 0 radical (unpaired) electrons. The lowest BCUT2D eigenvalue weighted by atomic mass is 10.2. The third-order valence-corrected chi connectivity index (χ3v) is 3.44. The summed E-state index contributed by atoms with van der Waals surface area (Å²) in [5.74, 6) is 0. The molecule has 1 saturated carbocycles. The second-order valence-electron chi connectivity index (χ2n) is 5.44. The zero-order valence-corrected chi connectivity index (χ0v) is 12.2. The largest absolute Gasteiger partial charge is 0.383 e. The van der Waals surface area contributed by atoms with E-state index in [0.29, 0.717) is 6.04 Å². The summed E-state index contributed by atoms with van der Waals surface area (Å²) in [6, 6.07) is 5.45. The van der Waals surface area contributed by atoms with Crippen molar-refractivity contribution in [2.24, 2.45) is 0 Å². The van der Waals surface area contributed by atoms with E-state index in [9.17, 15) is 0 Å². The first-order valence-electron chi connectivity index (χ1n) is 7.14. The first-order valence-corrected chi connectivity index (χ1v) is 7.14. The number of hydrogen-bond acceptors (Lipinski definition) is 4. The second-order valence-corrected chi connectivity index (χ2v) is 5.44. The molecule has 1 aliphatic rings. The van der Waals surface area contributed by atoms with E-state index in [1.807, 2.05) is 6.20 Å². The van der Waals surface area contributed by atoms with Crippen LogP contribution in [-0.2, 0) is 11.3 Å². The van der Waals surface area contributed by atoms with Crippen LogP contribution in [0.5, 0.6) is 0 Å². The third kappa shape index (κ3) is 4.48. The molecule has 0 amide bonds. The van der Waals surface area contributed by atoms with Gasteiger partial charge in [0.25, 0.3) is 0 Å². The lowest BCUT2D eigenvalue weighted by Gasteiger charge is -2.29. The summed E-state index contributed by atoms with van der Waals surface area (Å²) in [5.41, 5.74) is 2.35. The number of pyridine rings is 1. The van der Waals surface area contributed by atoms with Crippen molar-refractivity contribution in [1.82, 2.24) is 10.3 Å². The average Bonchev–Trinajstić information content (AvgIpc) is 3.21. The summed E-state index contributed by atoms with van der Waals surface area (Å²) < 4.78 is 5.19. The summed E-state index contributed by atoms with van der Waals surface area (Å²) in [4.78, 5) is 6.79. The van der Waals surface area contributed by atoms with Gasteiger partial charge in [0.1, 0.15) is 0 Å². The highest BCUT2D eigenvalue weighted by atomic mass is 16.5.